The second-order valence-corrected chi connectivity index (χ2v) is 4.55. The van der Waals surface area contributed by atoms with E-state index in [0.29, 0.717) is 0 Å². The summed E-state index contributed by atoms with van der Waals surface area (Å²) >= 11 is 0. The van der Waals surface area contributed by atoms with Crippen LogP contribution in [0.3, 0.4) is 0 Å². The smallest absolute Gasteiger partial charge is 0.198 e. The molecule has 5 N–H and O–H groups in total. The number of Topliss-reactive ketones (excluding diaryl/α,β-unsaturated/α-hetero) is 1. The third-order valence-electron chi connectivity index (χ3n) is 3.05. The second-order valence-electron chi connectivity index (χ2n) is 4.55. The topological polar surface area (TPSA) is 118 Å². The van der Waals surface area contributed by atoms with E-state index in [1.807, 2.05) is 0 Å². The number of rotatable bonds is 4. The average Bonchev–Trinajstić information content (AvgIpc) is 2.46. The van der Waals surface area contributed by atoms with Crippen LogP contribution in [0.1, 0.15) is 22.0 Å². The Morgan fingerprint density at radius 2 is 1.43 bits per heavy atom. The molecule has 2 rings (SSSR count). The lowest BCUT2D eigenvalue weighted by Gasteiger charge is -2.17. The summed E-state index contributed by atoms with van der Waals surface area (Å²) in [4.78, 5) is 12.1. The van der Waals surface area contributed by atoms with Gasteiger partial charge in [-0.15, -0.1) is 0 Å². The van der Waals surface area contributed by atoms with Gasteiger partial charge < -0.3 is 25.5 Å². The van der Waals surface area contributed by atoms with Gasteiger partial charge in [0, 0.05) is 6.07 Å². The summed E-state index contributed by atoms with van der Waals surface area (Å²) in [6.07, 6.45) is -3.30. The van der Waals surface area contributed by atoms with Gasteiger partial charge in [-0.25, -0.2) is 0 Å². The number of ketones is 1. The van der Waals surface area contributed by atoms with Gasteiger partial charge in [-0.05, 0) is 29.8 Å². The van der Waals surface area contributed by atoms with Crippen molar-refractivity contribution in [3.8, 4) is 17.2 Å². The van der Waals surface area contributed by atoms with Crippen molar-refractivity contribution in [2.45, 2.75) is 12.2 Å². The number of benzene rings is 2. The van der Waals surface area contributed by atoms with Crippen LogP contribution in [0.25, 0.3) is 0 Å². The molecule has 110 valence electrons. The molecule has 21 heavy (non-hydrogen) atoms. The molecule has 0 aromatic heterocycles. The van der Waals surface area contributed by atoms with Gasteiger partial charge in [-0.1, -0.05) is 12.1 Å². The lowest BCUT2D eigenvalue weighted by Crippen LogP contribution is -2.28. The molecule has 2 aromatic carbocycles. The molecule has 0 unspecified atom stereocenters. The lowest BCUT2D eigenvalue weighted by atomic mass is 9.96. The average molecular weight is 290 g/mol. The summed E-state index contributed by atoms with van der Waals surface area (Å²) in [7, 11) is 0. The Morgan fingerprint density at radius 3 is 2.00 bits per heavy atom. The van der Waals surface area contributed by atoms with Crippen molar-refractivity contribution in [3.63, 3.8) is 0 Å². The Kier molecular flexibility index (Phi) is 4.11. The molecule has 0 radical (unpaired) electrons. The molecule has 0 saturated carbocycles. The number of phenols is 3. The zero-order valence-electron chi connectivity index (χ0n) is 10.8. The second kappa shape index (κ2) is 5.82. The number of phenolic OH excluding ortho intramolecular Hbond substituents is 3. The lowest BCUT2D eigenvalue weighted by molar-refractivity contribution is 0.0202. The van der Waals surface area contributed by atoms with Gasteiger partial charge in [0.05, 0.1) is 5.56 Å². The molecule has 6 nitrogen and oxygen atoms in total. The quantitative estimate of drug-likeness (QED) is 0.538. The Labute approximate surface area is 120 Å². The van der Waals surface area contributed by atoms with Crippen LogP contribution in [0.15, 0.2) is 42.5 Å². The molecule has 6 heteroatoms. The molecule has 2 aromatic rings. The molecule has 0 amide bonds. The van der Waals surface area contributed by atoms with Crippen LogP contribution in [0.5, 0.6) is 17.2 Å². The number of aliphatic hydroxyl groups excluding tert-OH is 2. The number of hydrogen-bond donors (Lipinski definition) is 5. The minimum Gasteiger partial charge on any atom is -0.508 e. The monoisotopic (exact) mass is 290 g/mol. The third kappa shape index (κ3) is 3.13. The number of carbonyl (C=O) groups is 1. The normalized spacial score (nSPS) is 13.6. The van der Waals surface area contributed by atoms with E-state index in [-0.39, 0.29) is 22.6 Å². The number of aliphatic hydroxyl groups is 2. The van der Waals surface area contributed by atoms with Crippen LogP contribution in [-0.4, -0.2) is 37.4 Å². The summed E-state index contributed by atoms with van der Waals surface area (Å²) in [5.41, 5.74) is 0.0325. The molecule has 0 heterocycles. The maximum Gasteiger partial charge on any atom is 0.198 e. The van der Waals surface area contributed by atoms with E-state index >= 15 is 0 Å². The van der Waals surface area contributed by atoms with Crippen molar-refractivity contribution in [1.82, 2.24) is 0 Å². The number of aromatic hydroxyl groups is 3. The first kappa shape index (κ1) is 14.8. The van der Waals surface area contributed by atoms with Crippen LogP contribution in [0.4, 0.5) is 0 Å². The minimum absolute atomic E-state index is 0.0112. The van der Waals surface area contributed by atoms with Gasteiger partial charge >= 0.3 is 0 Å². The number of carbonyl (C=O) groups excluding carboxylic acids is 1. The first-order valence-corrected chi connectivity index (χ1v) is 6.11. The molecule has 0 saturated heterocycles. The van der Waals surface area contributed by atoms with E-state index in [2.05, 4.69) is 0 Å². The van der Waals surface area contributed by atoms with E-state index in [1.54, 1.807) is 0 Å². The van der Waals surface area contributed by atoms with Gasteiger partial charge in [-0.3, -0.25) is 4.79 Å². The van der Waals surface area contributed by atoms with Crippen molar-refractivity contribution < 1.29 is 30.3 Å². The van der Waals surface area contributed by atoms with Crippen LogP contribution in [0.2, 0.25) is 0 Å². The molecular weight excluding hydrogens is 276 g/mol. The summed E-state index contributed by atoms with van der Waals surface area (Å²) in [6.45, 7) is 0. The zero-order valence-corrected chi connectivity index (χ0v) is 10.8. The van der Waals surface area contributed by atoms with Crippen LogP contribution in [0, 0.1) is 0 Å². The largest absolute Gasteiger partial charge is 0.508 e. The molecule has 0 aliphatic heterocycles. The van der Waals surface area contributed by atoms with Gasteiger partial charge in [0.15, 0.2) is 5.78 Å². The van der Waals surface area contributed by atoms with Crippen molar-refractivity contribution in [1.29, 1.82) is 0 Å². The highest BCUT2D eigenvalue weighted by molar-refractivity contribution is 6.02. The van der Waals surface area contributed by atoms with Crippen LogP contribution < -0.4 is 0 Å². The van der Waals surface area contributed by atoms with E-state index in [0.717, 1.165) is 12.1 Å². The Hall–Kier alpha value is -2.57. The summed E-state index contributed by atoms with van der Waals surface area (Å²) in [5.74, 6) is -1.61. The molecule has 0 bridgehead atoms. The fraction of sp³-hybridized carbons (Fsp3) is 0.133. The van der Waals surface area contributed by atoms with Gasteiger partial charge in [0.1, 0.15) is 29.5 Å². The van der Waals surface area contributed by atoms with E-state index < -0.39 is 23.7 Å². The maximum absolute atomic E-state index is 12.1. The van der Waals surface area contributed by atoms with Gasteiger partial charge in [0.2, 0.25) is 0 Å². The summed E-state index contributed by atoms with van der Waals surface area (Å²) in [6, 6.07) is 8.67. The van der Waals surface area contributed by atoms with E-state index in [4.69, 9.17) is 10.2 Å². The zero-order chi connectivity index (χ0) is 15.6. The predicted octanol–water partition coefficient (Wildman–Crippen LogP) is 1.08. The van der Waals surface area contributed by atoms with Crippen molar-refractivity contribution >= 4 is 5.78 Å². The fourth-order valence-corrected chi connectivity index (χ4v) is 1.88. The highest BCUT2D eigenvalue weighted by atomic mass is 16.3. The van der Waals surface area contributed by atoms with Crippen molar-refractivity contribution in [3.05, 3.63) is 53.6 Å². The van der Waals surface area contributed by atoms with E-state index in [1.165, 1.54) is 30.3 Å². The third-order valence-corrected chi connectivity index (χ3v) is 3.05. The highest BCUT2D eigenvalue weighted by Gasteiger charge is 2.28. The fourth-order valence-electron chi connectivity index (χ4n) is 1.88. The minimum atomic E-state index is -1.79. The maximum atomic E-state index is 12.1. The van der Waals surface area contributed by atoms with Crippen LogP contribution in [-0.2, 0) is 0 Å². The van der Waals surface area contributed by atoms with Crippen molar-refractivity contribution in [2.75, 3.05) is 0 Å². The van der Waals surface area contributed by atoms with Crippen LogP contribution >= 0.6 is 0 Å². The summed E-state index contributed by atoms with van der Waals surface area (Å²) < 4.78 is 0. The first-order chi connectivity index (χ1) is 9.90. The first-order valence-electron chi connectivity index (χ1n) is 6.11. The standard InChI is InChI=1S/C15H14O6/c16-9-3-1-8(2-4-9)13(19)15(21)14(20)11-6-5-10(17)7-12(11)18/h1-7,13,15-19,21H/t13-,15-/m0/s1. The highest BCUT2D eigenvalue weighted by Crippen LogP contribution is 2.27. The molecule has 2 atom stereocenters. The Bertz CT molecular complexity index is 650. The SMILES string of the molecule is O=C(c1ccc(O)cc1O)[C@@H](O)[C@@H](O)c1ccc(O)cc1. The molecule has 0 aliphatic carbocycles. The van der Waals surface area contributed by atoms with Gasteiger partial charge in [0.25, 0.3) is 0 Å². The van der Waals surface area contributed by atoms with Crippen molar-refractivity contribution in [2.24, 2.45) is 0 Å². The van der Waals surface area contributed by atoms with E-state index in [9.17, 15) is 20.1 Å². The molecular formula is C15H14O6. The molecule has 0 aliphatic rings. The van der Waals surface area contributed by atoms with Gasteiger partial charge in [-0.2, -0.15) is 0 Å². The Morgan fingerprint density at radius 1 is 0.857 bits per heavy atom. The Balaban J connectivity index is 2.24. The molecule has 0 fully saturated rings. The molecule has 0 spiro atoms. The number of hydrogen-bond acceptors (Lipinski definition) is 6. The summed E-state index contributed by atoms with van der Waals surface area (Å²) in [5, 5.41) is 47.8. The predicted molar refractivity (Wildman–Crippen MR) is 73.2 cm³/mol.